The highest BCUT2D eigenvalue weighted by atomic mass is 15.1. The average molecular weight is 318 g/mol. The van der Waals surface area contributed by atoms with Crippen molar-refractivity contribution in [2.75, 3.05) is 16.8 Å². The van der Waals surface area contributed by atoms with Crippen molar-refractivity contribution < 1.29 is 0 Å². The Hall–Kier alpha value is -3.41. The second kappa shape index (κ2) is 6.37. The van der Waals surface area contributed by atoms with Gasteiger partial charge < -0.3 is 16.8 Å². The van der Waals surface area contributed by atoms with Gasteiger partial charge >= 0.3 is 0 Å². The SMILES string of the molecule is Cc1cccc(C(=N)c2cc(Nc3ccnc(N)n3)ccc2N)c1. The van der Waals surface area contributed by atoms with E-state index >= 15 is 0 Å². The smallest absolute Gasteiger partial charge is 0.221 e. The third-order valence-electron chi connectivity index (χ3n) is 3.58. The summed E-state index contributed by atoms with van der Waals surface area (Å²) in [5, 5.41) is 11.6. The van der Waals surface area contributed by atoms with E-state index in [0.717, 1.165) is 16.8 Å². The molecule has 0 aliphatic carbocycles. The Labute approximate surface area is 140 Å². The van der Waals surface area contributed by atoms with Crippen LogP contribution >= 0.6 is 0 Å². The number of nitrogens with two attached hydrogens (primary N) is 2. The van der Waals surface area contributed by atoms with Crippen molar-refractivity contribution in [3.8, 4) is 0 Å². The number of hydrogen-bond acceptors (Lipinski definition) is 6. The Morgan fingerprint density at radius 2 is 1.92 bits per heavy atom. The van der Waals surface area contributed by atoms with Crippen molar-refractivity contribution in [3.05, 3.63) is 71.4 Å². The normalized spacial score (nSPS) is 10.4. The van der Waals surface area contributed by atoms with Gasteiger partial charge in [-0.15, -0.1) is 0 Å². The Kier molecular flexibility index (Phi) is 4.11. The average Bonchev–Trinajstić information content (AvgIpc) is 2.56. The summed E-state index contributed by atoms with van der Waals surface area (Å²) in [6, 6.07) is 15.0. The molecule has 24 heavy (non-hydrogen) atoms. The van der Waals surface area contributed by atoms with Crippen molar-refractivity contribution >= 4 is 28.9 Å². The second-order valence-corrected chi connectivity index (χ2v) is 5.47. The molecule has 0 saturated carbocycles. The lowest BCUT2D eigenvalue weighted by atomic mass is 9.99. The van der Waals surface area contributed by atoms with Crippen LogP contribution in [0.5, 0.6) is 0 Å². The summed E-state index contributed by atoms with van der Waals surface area (Å²) in [5.41, 5.74) is 15.9. The minimum absolute atomic E-state index is 0.197. The first kappa shape index (κ1) is 15.5. The Bertz CT molecular complexity index is 904. The zero-order valence-electron chi connectivity index (χ0n) is 13.2. The third-order valence-corrected chi connectivity index (χ3v) is 3.58. The van der Waals surface area contributed by atoms with Crippen molar-refractivity contribution in [2.24, 2.45) is 0 Å². The highest BCUT2D eigenvalue weighted by Crippen LogP contribution is 2.23. The number of nitrogen functional groups attached to an aromatic ring is 2. The number of hydrogen-bond donors (Lipinski definition) is 4. The number of nitrogens with one attached hydrogen (secondary N) is 2. The molecule has 1 heterocycles. The largest absolute Gasteiger partial charge is 0.398 e. The fraction of sp³-hybridized carbons (Fsp3) is 0.0556. The van der Waals surface area contributed by atoms with E-state index in [1.165, 1.54) is 0 Å². The second-order valence-electron chi connectivity index (χ2n) is 5.47. The predicted octanol–water partition coefficient (Wildman–Crippen LogP) is 3.11. The standard InChI is InChI=1S/C18H18N6/c1-11-3-2-4-12(9-11)17(20)14-10-13(5-6-15(14)19)23-16-7-8-22-18(21)24-16/h2-10,20H,19H2,1H3,(H3,21,22,23,24). The zero-order valence-corrected chi connectivity index (χ0v) is 13.2. The number of nitrogens with zero attached hydrogens (tertiary/aromatic N) is 2. The minimum atomic E-state index is 0.197. The van der Waals surface area contributed by atoms with Crippen molar-refractivity contribution in [1.82, 2.24) is 9.97 Å². The van der Waals surface area contributed by atoms with E-state index in [4.69, 9.17) is 16.9 Å². The molecule has 3 rings (SSSR count). The number of aryl methyl sites for hydroxylation is 1. The zero-order chi connectivity index (χ0) is 17.1. The quantitative estimate of drug-likeness (QED) is 0.436. The van der Waals surface area contributed by atoms with Crippen LogP contribution in [0.3, 0.4) is 0 Å². The van der Waals surface area contributed by atoms with Gasteiger partial charge in [0, 0.05) is 28.7 Å². The first-order chi connectivity index (χ1) is 11.5. The fourth-order valence-electron chi connectivity index (χ4n) is 2.40. The maximum Gasteiger partial charge on any atom is 0.221 e. The molecular formula is C18H18N6. The van der Waals surface area contributed by atoms with Crippen LogP contribution < -0.4 is 16.8 Å². The summed E-state index contributed by atoms with van der Waals surface area (Å²) in [5.74, 6) is 0.781. The summed E-state index contributed by atoms with van der Waals surface area (Å²) < 4.78 is 0. The van der Waals surface area contributed by atoms with Crippen LogP contribution in [0.15, 0.2) is 54.7 Å². The first-order valence-electron chi connectivity index (χ1n) is 7.44. The van der Waals surface area contributed by atoms with E-state index in [0.29, 0.717) is 22.8 Å². The molecule has 0 aliphatic rings. The summed E-state index contributed by atoms with van der Waals surface area (Å²) >= 11 is 0. The molecule has 0 aliphatic heterocycles. The lowest BCUT2D eigenvalue weighted by molar-refractivity contribution is 1.18. The van der Waals surface area contributed by atoms with Crippen LogP contribution in [0, 0.1) is 12.3 Å². The van der Waals surface area contributed by atoms with E-state index in [2.05, 4.69) is 15.3 Å². The van der Waals surface area contributed by atoms with Gasteiger partial charge in [0.15, 0.2) is 0 Å². The van der Waals surface area contributed by atoms with E-state index in [9.17, 15) is 0 Å². The molecule has 0 saturated heterocycles. The maximum absolute atomic E-state index is 8.47. The predicted molar refractivity (Wildman–Crippen MR) is 97.7 cm³/mol. The van der Waals surface area contributed by atoms with Crippen molar-refractivity contribution in [3.63, 3.8) is 0 Å². The number of anilines is 4. The van der Waals surface area contributed by atoms with Crippen LogP contribution in [-0.4, -0.2) is 15.7 Å². The van der Waals surface area contributed by atoms with Crippen molar-refractivity contribution in [2.45, 2.75) is 6.92 Å². The van der Waals surface area contributed by atoms with E-state index < -0.39 is 0 Å². The molecule has 0 amide bonds. The highest BCUT2D eigenvalue weighted by molar-refractivity contribution is 6.14. The van der Waals surface area contributed by atoms with Gasteiger partial charge in [-0.2, -0.15) is 4.98 Å². The topological polar surface area (TPSA) is 114 Å². The van der Waals surface area contributed by atoms with Crippen molar-refractivity contribution in [1.29, 1.82) is 5.41 Å². The van der Waals surface area contributed by atoms with Gasteiger partial charge in [-0.3, -0.25) is 5.41 Å². The van der Waals surface area contributed by atoms with Crippen LogP contribution in [0.2, 0.25) is 0 Å². The first-order valence-corrected chi connectivity index (χ1v) is 7.44. The monoisotopic (exact) mass is 318 g/mol. The molecular weight excluding hydrogens is 300 g/mol. The van der Waals surface area contributed by atoms with Gasteiger partial charge in [-0.25, -0.2) is 4.98 Å². The molecule has 3 aromatic rings. The molecule has 6 nitrogen and oxygen atoms in total. The van der Waals surface area contributed by atoms with Crippen LogP contribution in [0.4, 0.5) is 23.1 Å². The third kappa shape index (κ3) is 3.33. The molecule has 6 heteroatoms. The van der Waals surface area contributed by atoms with E-state index in [-0.39, 0.29) is 5.95 Å². The Balaban J connectivity index is 1.93. The van der Waals surface area contributed by atoms with E-state index in [1.54, 1.807) is 18.3 Å². The molecule has 1 aromatic heterocycles. The summed E-state index contributed by atoms with van der Waals surface area (Å²) in [6.07, 6.45) is 1.58. The Morgan fingerprint density at radius 1 is 1.08 bits per heavy atom. The van der Waals surface area contributed by atoms with Gasteiger partial charge in [0.1, 0.15) is 5.82 Å². The summed E-state index contributed by atoms with van der Waals surface area (Å²) in [6.45, 7) is 2.00. The molecule has 0 fully saturated rings. The summed E-state index contributed by atoms with van der Waals surface area (Å²) in [7, 11) is 0. The lowest BCUT2D eigenvalue weighted by Crippen LogP contribution is -2.07. The fourth-order valence-corrected chi connectivity index (χ4v) is 2.40. The molecule has 2 aromatic carbocycles. The number of aromatic nitrogens is 2. The van der Waals surface area contributed by atoms with Crippen LogP contribution in [0.1, 0.15) is 16.7 Å². The number of benzene rings is 2. The molecule has 0 spiro atoms. The van der Waals surface area contributed by atoms with Gasteiger partial charge in [-0.1, -0.05) is 23.8 Å². The molecule has 120 valence electrons. The summed E-state index contributed by atoms with van der Waals surface area (Å²) in [4.78, 5) is 7.97. The van der Waals surface area contributed by atoms with E-state index in [1.807, 2.05) is 43.3 Å². The maximum atomic E-state index is 8.47. The van der Waals surface area contributed by atoms with Crippen LogP contribution in [0.25, 0.3) is 0 Å². The van der Waals surface area contributed by atoms with Crippen LogP contribution in [-0.2, 0) is 0 Å². The van der Waals surface area contributed by atoms with Gasteiger partial charge in [0.25, 0.3) is 0 Å². The van der Waals surface area contributed by atoms with Gasteiger partial charge in [0.2, 0.25) is 5.95 Å². The molecule has 0 atom stereocenters. The molecule has 0 bridgehead atoms. The van der Waals surface area contributed by atoms with Gasteiger partial charge in [-0.05, 0) is 37.3 Å². The molecule has 0 radical (unpaired) electrons. The minimum Gasteiger partial charge on any atom is -0.398 e. The van der Waals surface area contributed by atoms with Gasteiger partial charge in [0.05, 0.1) is 5.71 Å². The molecule has 0 unspecified atom stereocenters. The lowest BCUT2D eigenvalue weighted by Gasteiger charge is -2.12. The molecule has 6 N–H and O–H groups in total. The number of rotatable bonds is 4. The highest BCUT2D eigenvalue weighted by Gasteiger charge is 2.10. The Morgan fingerprint density at radius 3 is 2.67 bits per heavy atom.